The zero-order valence-corrected chi connectivity index (χ0v) is 10.7. The van der Waals surface area contributed by atoms with Crippen molar-refractivity contribution in [3.8, 4) is 0 Å². The van der Waals surface area contributed by atoms with E-state index in [1.54, 1.807) is 0 Å². The lowest BCUT2D eigenvalue weighted by atomic mass is 9.86. The molecule has 0 aromatic carbocycles. The molecular formula is C9H12BrNO3S. The first kappa shape index (κ1) is 10.3. The highest BCUT2D eigenvalue weighted by Gasteiger charge is 2.65. The first-order valence-electron chi connectivity index (χ1n) is 4.86. The minimum atomic E-state index is -3.12. The molecule has 0 aromatic heterocycles. The molecule has 2 saturated heterocycles. The third-order valence-electron chi connectivity index (χ3n) is 3.53. The summed E-state index contributed by atoms with van der Waals surface area (Å²) in [5, 5.41) is 0. The third-order valence-corrected chi connectivity index (χ3v) is 5.97. The van der Waals surface area contributed by atoms with Gasteiger partial charge in [0.05, 0.1) is 16.7 Å². The van der Waals surface area contributed by atoms with Gasteiger partial charge in [-0.25, -0.2) is 8.42 Å². The van der Waals surface area contributed by atoms with Gasteiger partial charge in [-0.3, -0.25) is 0 Å². The van der Waals surface area contributed by atoms with Crippen LogP contribution in [-0.2, 0) is 14.8 Å². The second kappa shape index (κ2) is 2.67. The van der Waals surface area contributed by atoms with Gasteiger partial charge in [0.15, 0.2) is 0 Å². The van der Waals surface area contributed by atoms with Crippen LogP contribution in [0.3, 0.4) is 0 Å². The molecule has 0 N–H and O–H groups in total. The maximum absolute atomic E-state index is 11.5. The van der Waals surface area contributed by atoms with Gasteiger partial charge in [0.1, 0.15) is 5.60 Å². The molecule has 3 aliphatic heterocycles. The van der Waals surface area contributed by atoms with Crippen LogP contribution in [-0.4, -0.2) is 48.1 Å². The predicted octanol–water partition coefficient (Wildman–Crippen LogP) is 0.493. The highest BCUT2D eigenvalue weighted by atomic mass is 79.9. The lowest BCUT2D eigenvalue weighted by Gasteiger charge is -2.29. The van der Waals surface area contributed by atoms with Gasteiger partial charge >= 0.3 is 0 Å². The largest absolute Gasteiger partial charge is 0.361 e. The van der Waals surface area contributed by atoms with Gasteiger partial charge in [-0.2, -0.15) is 4.31 Å². The molecule has 0 radical (unpaired) electrons. The van der Waals surface area contributed by atoms with E-state index in [0.29, 0.717) is 13.1 Å². The molecule has 2 fully saturated rings. The first-order valence-corrected chi connectivity index (χ1v) is 7.50. The molecule has 3 atom stereocenters. The SMILES string of the molecule is CS(=O)(=O)N1C[C@@]2(Br)C[C@@H]3C=C[C@@]2(C1)O3. The van der Waals surface area contributed by atoms with Gasteiger partial charge in [-0.1, -0.05) is 28.1 Å². The molecule has 6 heteroatoms. The van der Waals surface area contributed by atoms with Gasteiger partial charge in [0.2, 0.25) is 10.0 Å². The van der Waals surface area contributed by atoms with Crippen molar-refractivity contribution in [2.75, 3.05) is 19.3 Å². The van der Waals surface area contributed by atoms with Gasteiger partial charge in [0, 0.05) is 13.1 Å². The first-order chi connectivity index (χ1) is 6.85. The number of rotatable bonds is 1. The molecule has 2 bridgehead atoms. The number of fused-ring (bicyclic) bond motifs is 1. The maximum Gasteiger partial charge on any atom is 0.211 e. The Morgan fingerprint density at radius 3 is 2.80 bits per heavy atom. The lowest BCUT2D eigenvalue weighted by molar-refractivity contribution is 0.0342. The summed E-state index contributed by atoms with van der Waals surface area (Å²) in [6, 6.07) is 0. The van der Waals surface area contributed by atoms with Crippen molar-refractivity contribution < 1.29 is 13.2 Å². The second-order valence-electron chi connectivity index (χ2n) is 4.61. The number of alkyl halides is 1. The molecule has 0 unspecified atom stereocenters. The molecule has 15 heavy (non-hydrogen) atoms. The summed E-state index contributed by atoms with van der Waals surface area (Å²) in [5.41, 5.74) is -0.430. The van der Waals surface area contributed by atoms with E-state index in [0.717, 1.165) is 6.42 Å². The van der Waals surface area contributed by atoms with E-state index in [9.17, 15) is 8.42 Å². The van der Waals surface area contributed by atoms with E-state index in [1.807, 2.05) is 12.2 Å². The fourth-order valence-corrected chi connectivity index (χ4v) is 4.75. The van der Waals surface area contributed by atoms with E-state index in [1.165, 1.54) is 10.6 Å². The molecule has 3 aliphatic rings. The summed E-state index contributed by atoms with van der Waals surface area (Å²) in [6.45, 7) is 0.941. The van der Waals surface area contributed by atoms with Gasteiger partial charge < -0.3 is 4.74 Å². The fourth-order valence-electron chi connectivity index (χ4n) is 2.73. The zero-order valence-electron chi connectivity index (χ0n) is 8.31. The van der Waals surface area contributed by atoms with E-state index in [-0.39, 0.29) is 10.4 Å². The van der Waals surface area contributed by atoms with Crippen LogP contribution in [0.2, 0.25) is 0 Å². The Bertz CT molecular complexity index is 448. The molecule has 0 aliphatic carbocycles. The van der Waals surface area contributed by atoms with Crippen molar-refractivity contribution >= 4 is 26.0 Å². The van der Waals surface area contributed by atoms with Crippen molar-refractivity contribution in [1.82, 2.24) is 4.31 Å². The molecule has 84 valence electrons. The Morgan fingerprint density at radius 1 is 1.53 bits per heavy atom. The van der Waals surface area contributed by atoms with Crippen molar-refractivity contribution in [2.45, 2.75) is 22.5 Å². The normalized spacial score (nSPS) is 48.8. The minimum Gasteiger partial charge on any atom is -0.361 e. The standard InChI is InChI=1S/C9H12BrNO3S/c1-15(12,13)11-5-8(10)4-7-2-3-9(8,6-11)14-7/h2-3,7H,4-6H2,1H3/t7-,8-,9-/m0/s1. The maximum atomic E-state index is 11.5. The number of hydrogen-bond donors (Lipinski definition) is 0. The Labute approximate surface area is 97.5 Å². The average Bonchev–Trinajstić information content (AvgIpc) is 2.63. The van der Waals surface area contributed by atoms with Crippen LogP contribution in [0.1, 0.15) is 6.42 Å². The van der Waals surface area contributed by atoms with Gasteiger partial charge in [-0.15, -0.1) is 0 Å². The molecule has 4 nitrogen and oxygen atoms in total. The van der Waals surface area contributed by atoms with E-state index >= 15 is 0 Å². The van der Waals surface area contributed by atoms with Crippen LogP contribution in [0.4, 0.5) is 0 Å². The zero-order chi connectivity index (χ0) is 10.9. The molecule has 0 saturated carbocycles. The van der Waals surface area contributed by atoms with Crippen molar-refractivity contribution in [3.63, 3.8) is 0 Å². The Morgan fingerprint density at radius 2 is 2.27 bits per heavy atom. The molecular weight excluding hydrogens is 282 g/mol. The van der Waals surface area contributed by atoms with Crippen LogP contribution < -0.4 is 0 Å². The van der Waals surface area contributed by atoms with Crippen molar-refractivity contribution in [1.29, 1.82) is 0 Å². The smallest absolute Gasteiger partial charge is 0.211 e. The summed E-state index contributed by atoms with van der Waals surface area (Å²) in [5.74, 6) is 0. The summed E-state index contributed by atoms with van der Waals surface area (Å²) >= 11 is 3.67. The summed E-state index contributed by atoms with van der Waals surface area (Å²) in [4.78, 5) is 0. The Kier molecular flexibility index (Phi) is 1.82. The summed E-state index contributed by atoms with van der Waals surface area (Å²) in [7, 11) is -3.12. The number of ether oxygens (including phenoxy) is 1. The summed E-state index contributed by atoms with van der Waals surface area (Å²) in [6.07, 6.45) is 6.31. The van der Waals surface area contributed by atoms with Crippen LogP contribution in [0.15, 0.2) is 12.2 Å². The van der Waals surface area contributed by atoms with Crippen LogP contribution in [0.25, 0.3) is 0 Å². The number of halogens is 1. The average molecular weight is 294 g/mol. The van der Waals surface area contributed by atoms with Gasteiger partial charge in [-0.05, 0) is 6.42 Å². The minimum absolute atomic E-state index is 0.158. The molecule has 0 amide bonds. The molecule has 3 rings (SSSR count). The van der Waals surface area contributed by atoms with E-state index < -0.39 is 15.6 Å². The van der Waals surface area contributed by atoms with Gasteiger partial charge in [0.25, 0.3) is 0 Å². The van der Waals surface area contributed by atoms with Crippen molar-refractivity contribution in [3.05, 3.63) is 12.2 Å². The summed E-state index contributed by atoms with van der Waals surface area (Å²) < 4.78 is 30.1. The quantitative estimate of drug-likeness (QED) is 0.522. The van der Waals surface area contributed by atoms with E-state index in [4.69, 9.17) is 4.74 Å². The fraction of sp³-hybridized carbons (Fsp3) is 0.778. The Balaban J connectivity index is 2.01. The monoisotopic (exact) mass is 293 g/mol. The van der Waals surface area contributed by atoms with E-state index in [2.05, 4.69) is 15.9 Å². The highest BCUT2D eigenvalue weighted by Crippen LogP contribution is 2.55. The van der Waals surface area contributed by atoms with Crippen molar-refractivity contribution in [2.24, 2.45) is 0 Å². The third kappa shape index (κ3) is 1.22. The predicted molar refractivity (Wildman–Crippen MR) is 59.4 cm³/mol. The highest BCUT2D eigenvalue weighted by molar-refractivity contribution is 9.10. The van der Waals surface area contributed by atoms with Crippen LogP contribution in [0, 0.1) is 0 Å². The second-order valence-corrected chi connectivity index (χ2v) is 8.11. The molecule has 3 heterocycles. The molecule has 0 aromatic rings. The molecule has 1 spiro atoms. The Hall–Kier alpha value is 0.0900. The number of hydrogen-bond acceptors (Lipinski definition) is 3. The number of sulfonamides is 1. The van der Waals surface area contributed by atoms with Crippen LogP contribution in [0.5, 0.6) is 0 Å². The topological polar surface area (TPSA) is 46.6 Å². The lowest BCUT2D eigenvalue weighted by Crippen LogP contribution is -2.43. The van der Waals surface area contributed by atoms with Crippen LogP contribution >= 0.6 is 15.9 Å². The number of nitrogens with zero attached hydrogens (tertiary/aromatic N) is 1.